The lowest BCUT2D eigenvalue weighted by molar-refractivity contribution is 0.270. The minimum Gasteiger partial charge on any atom is -0.497 e. The number of rotatable bonds is 4. The van der Waals surface area contributed by atoms with Gasteiger partial charge in [-0.25, -0.2) is 4.98 Å². The number of piperazine rings is 1. The molecule has 0 aliphatic carbocycles. The van der Waals surface area contributed by atoms with E-state index >= 15 is 0 Å². The van der Waals surface area contributed by atoms with Crippen LogP contribution >= 0.6 is 0 Å². The number of benzene rings is 1. The van der Waals surface area contributed by atoms with E-state index in [1.165, 1.54) is 0 Å². The topological polar surface area (TPSA) is 41.0 Å². The van der Waals surface area contributed by atoms with E-state index in [1.807, 2.05) is 49.5 Å². The highest BCUT2D eigenvalue weighted by Gasteiger charge is 2.16. The van der Waals surface area contributed by atoms with Crippen LogP contribution in [0.25, 0.3) is 0 Å². The number of hydrazone groups is 1. The molecule has 0 saturated carbocycles. The van der Waals surface area contributed by atoms with Gasteiger partial charge in [0.1, 0.15) is 11.6 Å². The van der Waals surface area contributed by atoms with E-state index in [4.69, 9.17) is 9.84 Å². The maximum Gasteiger partial charge on any atom is 0.128 e. The molecule has 0 spiro atoms. The lowest BCUT2D eigenvalue weighted by Gasteiger charge is -2.34. The van der Waals surface area contributed by atoms with E-state index < -0.39 is 0 Å². The van der Waals surface area contributed by atoms with E-state index in [-0.39, 0.29) is 0 Å². The Morgan fingerprint density at radius 3 is 2.39 bits per heavy atom. The molecule has 1 aromatic carbocycles. The second kappa shape index (κ2) is 7.13. The molecule has 5 heteroatoms. The number of ether oxygens (including phenoxy) is 1. The van der Waals surface area contributed by atoms with E-state index in [0.29, 0.717) is 0 Å². The molecule has 5 nitrogen and oxygen atoms in total. The molecule has 3 rings (SSSR count). The van der Waals surface area contributed by atoms with Gasteiger partial charge in [-0.05, 0) is 48.9 Å². The van der Waals surface area contributed by atoms with Gasteiger partial charge in [0.05, 0.1) is 25.9 Å². The largest absolute Gasteiger partial charge is 0.497 e. The van der Waals surface area contributed by atoms with E-state index in [0.717, 1.165) is 49.0 Å². The van der Waals surface area contributed by atoms with Crippen LogP contribution < -0.4 is 9.64 Å². The Balaban J connectivity index is 1.60. The maximum atomic E-state index is 5.19. The van der Waals surface area contributed by atoms with E-state index in [1.54, 1.807) is 7.11 Å². The molecule has 23 heavy (non-hydrogen) atoms. The zero-order valence-electron chi connectivity index (χ0n) is 13.6. The van der Waals surface area contributed by atoms with Crippen LogP contribution in [0.4, 0.5) is 5.82 Å². The Labute approximate surface area is 137 Å². The second-order valence-electron chi connectivity index (χ2n) is 5.54. The predicted molar refractivity (Wildman–Crippen MR) is 93.2 cm³/mol. The first-order chi connectivity index (χ1) is 11.3. The minimum atomic E-state index is 0.866. The van der Waals surface area contributed by atoms with Gasteiger partial charge < -0.3 is 9.64 Å². The van der Waals surface area contributed by atoms with Gasteiger partial charge in [-0.15, -0.1) is 0 Å². The molecule has 0 radical (unpaired) electrons. The molecule has 120 valence electrons. The van der Waals surface area contributed by atoms with Crippen LogP contribution in [0.15, 0.2) is 53.8 Å². The van der Waals surface area contributed by atoms with Gasteiger partial charge in [0.25, 0.3) is 0 Å². The average molecular weight is 310 g/mol. The van der Waals surface area contributed by atoms with Crippen molar-refractivity contribution >= 4 is 11.5 Å². The summed E-state index contributed by atoms with van der Waals surface area (Å²) >= 11 is 0. The Bertz CT molecular complexity index is 646. The highest BCUT2D eigenvalue weighted by Crippen LogP contribution is 2.15. The van der Waals surface area contributed by atoms with Crippen LogP contribution in [0, 0.1) is 0 Å². The van der Waals surface area contributed by atoms with Gasteiger partial charge in [-0.1, -0.05) is 6.07 Å². The van der Waals surface area contributed by atoms with Crippen LogP contribution in [-0.4, -0.2) is 49.0 Å². The van der Waals surface area contributed by atoms with E-state index in [2.05, 4.69) is 21.0 Å². The standard InChI is InChI=1S/C18H22N4O/c1-15(16-6-8-17(23-2)9-7-16)20-22-13-11-21(12-14-22)18-5-3-4-10-19-18/h3-10H,11-14H2,1-2H3/b20-15-. The van der Waals surface area contributed by atoms with Crippen molar-refractivity contribution in [3.63, 3.8) is 0 Å². The molecule has 1 saturated heterocycles. The number of anilines is 1. The SMILES string of the molecule is COc1ccc(/C(C)=N\N2CCN(c3ccccn3)CC2)cc1. The third kappa shape index (κ3) is 3.80. The normalized spacial score (nSPS) is 15.7. The summed E-state index contributed by atoms with van der Waals surface area (Å²) in [5.41, 5.74) is 2.15. The fraction of sp³-hybridized carbons (Fsp3) is 0.333. The molecule has 0 amide bonds. The number of nitrogens with zero attached hydrogens (tertiary/aromatic N) is 4. The van der Waals surface area contributed by atoms with Gasteiger partial charge in [0, 0.05) is 19.3 Å². The van der Waals surface area contributed by atoms with Crippen molar-refractivity contribution < 1.29 is 4.74 Å². The van der Waals surface area contributed by atoms with Crippen LogP contribution in [-0.2, 0) is 0 Å². The fourth-order valence-electron chi connectivity index (χ4n) is 2.67. The van der Waals surface area contributed by atoms with Gasteiger partial charge >= 0.3 is 0 Å². The summed E-state index contributed by atoms with van der Waals surface area (Å²) < 4.78 is 5.19. The second-order valence-corrected chi connectivity index (χ2v) is 5.54. The Morgan fingerprint density at radius 2 is 1.78 bits per heavy atom. The zero-order valence-corrected chi connectivity index (χ0v) is 13.6. The Morgan fingerprint density at radius 1 is 1.04 bits per heavy atom. The first kappa shape index (κ1) is 15.3. The van der Waals surface area contributed by atoms with Gasteiger partial charge in [-0.2, -0.15) is 5.10 Å². The van der Waals surface area contributed by atoms with Crippen molar-refractivity contribution in [3.8, 4) is 5.75 Å². The molecule has 0 unspecified atom stereocenters. The van der Waals surface area contributed by atoms with Crippen molar-refractivity contribution in [2.75, 3.05) is 38.2 Å². The molecule has 2 heterocycles. The molecule has 0 bridgehead atoms. The van der Waals surface area contributed by atoms with E-state index in [9.17, 15) is 0 Å². The van der Waals surface area contributed by atoms with Crippen molar-refractivity contribution in [2.24, 2.45) is 5.10 Å². The highest BCUT2D eigenvalue weighted by atomic mass is 16.5. The third-order valence-electron chi connectivity index (χ3n) is 4.03. The lowest BCUT2D eigenvalue weighted by atomic mass is 10.1. The zero-order chi connectivity index (χ0) is 16.1. The molecule has 1 fully saturated rings. The van der Waals surface area contributed by atoms with Gasteiger partial charge in [0.2, 0.25) is 0 Å². The summed E-state index contributed by atoms with van der Waals surface area (Å²) in [4.78, 5) is 6.71. The first-order valence-electron chi connectivity index (χ1n) is 7.87. The van der Waals surface area contributed by atoms with Crippen molar-refractivity contribution in [2.45, 2.75) is 6.92 Å². The summed E-state index contributed by atoms with van der Waals surface area (Å²) in [6.07, 6.45) is 1.84. The summed E-state index contributed by atoms with van der Waals surface area (Å²) in [6.45, 7) is 5.74. The lowest BCUT2D eigenvalue weighted by Crippen LogP contribution is -2.44. The van der Waals surface area contributed by atoms with Crippen molar-refractivity contribution in [3.05, 3.63) is 54.2 Å². The molecule has 1 aliphatic rings. The number of pyridine rings is 1. The van der Waals surface area contributed by atoms with Crippen molar-refractivity contribution in [1.29, 1.82) is 0 Å². The summed E-state index contributed by atoms with van der Waals surface area (Å²) in [7, 11) is 1.68. The number of aromatic nitrogens is 1. The fourth-order valence-corrected chi connectivity index (χ4v) is 2.67. The number of hydrogen-bond acceptors (Lipinski definition) is 5. The quantitative estimate of drug-likeness (QED) is 0.814. The molecular weight excluding hydrogens is 288 g/mol. The minimum absolute atomic E-state index is 0.866. The van der Waals surface area contributed by atoms with Crippen LogP contribution in [0.2, 0.25) is 0 Å². The first-order valence-corrected chi connectivity index (χ1v) is 7.87. The van der Waals surface area contributed by atoms with Gasteiger partial charge in [0.15, 0.2) is 0 Å². The average Bonchev–Trinajstić information content (AvgIpc) is 2.63. The monoisotopic (exact) mass is 310 g/mol. The summed E-state index contributed by atoms with van der Waals surface area (Å²) in [5.74, 6) is 1.91. The van der Waals surface area contributed by atoms with Crippen LogP contribution in [0.1, 0.15) is 12.5 Å². The number of hydrogen-bond donors (Lipinski definition) is 0. The molecule has 1 aliphatic heterocycles. The smallest absolute Gasteiger partial charge is 0.128 e. The molecule has 0 N–H and O–H groups in total. The van der Waals surface area contributed by atoms with Crippen molar-refractivity contribution in [1.82, 2.24) is 9.99 Å². The molecule has 0 atom stereocenters. The number of methoxy groups -OCH3 is 1. The third-order valence-corrected chi connectivity index (χ3v) is 4.03. The Kier molecular flexibility index (Phi) is 4.76. The highest BCUT2D eigenvalue weighted by molar-refractivity contribution is 5.98. The molecule has 1 aromatic heterocycles. The van der Waals surface area contributed by atoms with Crippen LogP contribution in [0.5, 0.6) is 5.75 Å². The molecule has 2 aromatic rings. The van der Waals surface area contributed by atoms with Crippen LogP contribution in [0.3, 0.4) is 0 Å². The Hall–Kier alpha value is -2.56. The molecular formula is C18H22N4O. The maximum absolute atomic E-state index is 5.19. The summed E-state index contributed by atoms with van der Waals surface area (Å²) in [5, 5.41) is 6.89. The predicted octanol–water partition coefficient (Wildman–Crippen LogP) is 2.64. The van der Waals surface area contributed by atoms with Gasteiger partial charge in [-0.3, -0.25) is 5.01 Å². The summed E-state index contributed by atoms with van der Waals surface area (Å²) in [6, 6.07) is 14.1.